The molecule has 0 N–H and O–H groups in total. The van der Waals surface area contributed by atoms with Gasteiger partial charge < -0.3 is 27.0 Å². The maximum atomic E-state index is 13.7. The Kier molecular flexibility index (Phi) is 13.0. The van der Waals surface area contributed by atoms with E-state index in [2.05, 4.69) is 83.7 Å². The third-order valence-electron chi connectivity index (χ3n) is 3.85. The van der Waals surface area contributed by atoms with Gasteiger partial charge in [0, 0.05) is 0 Å². The Morgan fingerprint density at radius 2 is 1.00 bits per heavy atom. The van der Waals surface area contributed by atoms with Gasteiger partial charge in [-0.15, -0.1) is 0 Å². The minimum atomic E-state index is -2.19. The molecule has 13 heteroatoms. The summed E-state index contributed by atoms with van der Waals surface area (Å²) < 4.78 is 32.6. The fourth-order valence-electron chi connectivity index (χ4n) is 3.14. The first-order chi connectivity index (χ1) is 15.3. The number of oxime groups is 1. The van der Waals surface area contributed by atoms with Gasteiger partial charge in [0.2, 0.25) is 8.32 Å². The second-order valence-electron chi connectivity index (χ2n) is 13.7. The summed E-state index contributed by atoms with van der Waals surface area (Å²) in [5.74, 6) is -0.394. The van der Waals surface area contributed by atoms with Crippen LogP contribution < -0.4 is 0 Å². The van der Waals surface area contributed by atoms with Crippen molar-refractivity contribution in [1.29, 1.82) is 0 Å². The molecule has 208 valence electrons. The zero-order chi connectivity index (χ0) is 28.0. The maximum absolute atomic E-state index is 13.7. The summed E-state index contributed by atoms with van der Waals surface area (Å²) in [7, 11) is -9.27. The molecule has 0 heterocycles. The highest BCUT2D eigenvalue weighted by Crippen LogP contribution is 2.28. The number of carbonyl (C=O) groups is 1. The van der Waals surface area contributed by atoms with Crippen molar-refractivity contribution in [2.24, 2.45) is 5.16 Å². The monoisotopic (exact) mass is 583 g/mol. The Morgan fingerprint density at radius 1 is 0.600 bits per heavy atom. The summed E-state index contributed by atoms with van der Waals surface area (Å²) in [5.41, 5.74) is 0. The minimum Gasteiger partial charge on any atom is -0.518 e. The average Bonchev–Trinajstić information content (AvgIpc) is 2.54. The fourth-order valence-corrected chi connectivity index (χ4v) is 8.02. The number of rotatable bonds is 15. The molecule has 0 fully saturated rings. The molecule has 8 nitrogen and oxygen atoms in total. The van der Waals surface area contributed by atoms with Gasteiger partial charge >= 0.3 is 5.97 Å². The predicted octanol–water partition coefficient (Wildman–Crippen LogP) is 5.88. The predicted molar refractivity (Wildman–Crippen MR) is 158 cm³/mol. The van der Waals surface area contributed by atoms with Crippen LogP contribution in [0.25, 0.3) is 0 Å². The van der Waals surface area contributed by atoms with E-state index in [1.807, 2.05) is 19.6 Å². The Balaban J connectivity index is 6.99. The first kappa shape index (κ1) is 34.9. The van der Waals surface area contributed by atoms with Crippen molar-refractivity contribution in [3.8, 4) is 0 Å². The van der Waals surface area contributed by atoms with Gasteiger partial charge in [-0.1, -0.05) is 5.16 Å². The molecule has 0 saturated carbocycles. The van der Waals surface area contributed by atoms with Gasteiger partial charge in [-0.05, 0) is 98.2 Å². The van der Waals surface area contributed by atoms with E-state index in [-0.39, 0.29) is 0 Å². The van der Waals surface area contributed by atoms with E-state index in [1.54, 1.807) is 6.21 Å². The first-order valence-corrected chi connectivity index (χ1v) is 29.4. The standard InChI is InChI=1S/C22H53NO7Si5/c1-25-23-17-18(26-31(2,3)4)19(27-32(5,6)7)20(28-33(8,9)10)21(29-34(11,12)13)22(24)30-35(14,15)16/h17-21H,1-16H3/t18-,19+,20+,21-/m1/s1. The molecule has 0 aliphatic rings. The van der Waals surface area contributed by atoms with Gasteiger partial charge in [-0.2, -0.15) is 0 Å². The van der Waals surface area contributed by atoms with Crippen LogP contribution in [0.5, 0.6) is 0 Å². The van der Waals surface area contributed by atoms with E-state index >= 15 is 0 Å². The van der Waals surface area contributed by atoms with E-state index in [0.29, 0.717) is 0 Å². The number of hydrogen-bond donors (Lipinski definition) is 0. The first-order valence-electron chi connectivity index (χ1n) is 12.3. The molecule has 0 rings (SSSR count). The smallest absolute Gasteiger partial charge is 0.323 e. The SMILES string of the molecule is CON=C[C@@H](O[Si](C)(C)C)[C@H](O[Si](C)(C)C)[C@H](O[Si](C)(C)C)[C@@H](O[Si](C)(C)C)C(=O)O[Si](C)(C)C. The third-order valence-corrected chi connectivity index (χ3v) is 8.56. The quantitative estimate of drug-likeness (QED) is 0.135. The molecule has 0 aromatic rings. The van der Waals surface area contributed by atoms with Gasteiger partial charge in [0.25, 0.3) is 0 Å². The Morgan fingerprint density at radius 3 is 1.34 bits per heavy atom. The van der Waals surface area contributed by atoms with Crippen molar-refractivity contribution in [3.05, 3.63) is 0 Å². The van der Waals surface area contributed by atoms with Gasteiger partial charge in [-0.25, -0.2) is 0 Å². The maximum Gasteiger partial charge on any atom is 0.323 e. The largest absolute Gasteiger partial charge is 0.518 e. The van der Waals surface area contributed by atoms with Crippen LogP contribution in [0.15, 0.2) is 5.16 Å². The Bertz CT molecular complexity index is 689. The van der Waals surface area contributed by atoms with Crippen molar-refractivity contribution >= 4 is 53.8 Å². The number of carbonyl (C=O) groups excluding carboxylic acids is 1. The number of nitrogens with zero attached hydrogens (tertiary/aromatic N) is 1. The van der Waals surface area contributed by atoms with Gasteiger partial charge in [0.15, 0.2) is 39.4 Å². The lowest BCUT2D eigenvalue weighted by molar-refractivity contribution is -0.153. The Hall–Kier alpha value is -0.136. The molecule has 0 amide bonds. The third kappa shape index (κ3) is 17.1. The molecular formula is C22H53NO7Si5. The summed E-state index contributed by atoms with van der Waals surface area (Å²) >= 11 is 0. The zero-order valence-electron chi connectivity index (χ0n) is 25.2. The van der Waals surface area contributed by atoms with Crippen LogP contribution >= 0.6 is 0 Å². The highest BCUT2D eigenvalue weighted by atomic mass is 28.4. The lowest BCUT2D eigenvalue weighted by Crippen LogP contribution is -2.61. The number of hydrogen-bond acceptors (Lipinski definition) is 8. The zero-order valence-corrected chi connectivity index (χ0v) is 30.2. The van der Waals surface area contributed by atoms with Crippen molar-refractivity contribution < 1.29 is 31.8 Å². The average molecular weight is 584 g/mol. The summed E-state index contributed by atoms with van der Waals surface area (Å²) in [6, 6.07) is 0. The van der Waals surface area contributed by atoms with E-state index < -0.39 is 72.0 Å². The van der Waals surface area contributed by atoms with Gasteiger partial charge in [0.1, 0.15) is 25.4 Å². The van der Waals surface area contributed by atoms with E-state index in [1.165, 1.54) is 7.11 Å². The molecule has 0 spiro atoms. The van der Waals surface area contributed by atoms with E-state index in [4.69, 9.17) is 27.0 Å². The van der Waals surface area contributed by atoms with Gasteiger partial charge in [0.05, 0.1) is 6.21 Å². The molecule has 0 radical (unpaired) electrons. The molecule has 0 aliphatic heterocycles. The molecular weight excluding hydrogens is 531 g/mol. The summed E-state index contributed by atoms with van der Waals surface area (Å²) in [5, 5.41) is 4.05. The molecule has 0 aliphatic carbocycles. The molecule has 0 saturated heterocycles. The van der Waals surface area contributed by atoms with Crippen LogP contribution in [0, 0.1) is 0 Å². The summed E-state index contributed by atoms with van der Waals surface area (Å²) in [6.07, 6.45) is -1.26. The minimum absolute atomic E-state index is 0.394. The van der Waals surface area contributed by atoms with E-state index in [0.717, 1.165) is 0 Å². The lowest BCUT2D eigenvalue weighted by Gasteiger charge is -2.44. The molecule has 0 unspecified atom stereocenters. The molecule has 4 atom stereocenters. The Labute approximate surface area is 220 Å². The van der Waals surface area contributed by atoms with Crippen molar-refractivity contribution in [1.82, 2.24) is 0 Å². The topological polar surface area (TPSA) is 84.8 Å². The lowest BCUT2D eigenvalue weighted by atomic mass is 10.0. The second-order valence-corrected chi connectivity index (χ2v) is 36.0. The van der Waals surface area contributed by atoms with Crippen LogP contribution in [0.4, 0.5) is 0 Å². The van der Waals surface area contributed by atoms with Crippen molar-refractivity contribution in [2.75, 3.05) is 7.11 Å². The normalized spacial score (nSPS) is 17.7. The van der Waals surface area contributed by atoms with Crippen molar-refractivity contribution in [2.45, 2.75) is 123 Å². The fraction of sp³-hybridized carbons (Fsp3) is 0.909. The highest BCUT2D eigenvalue weighted by molar-refractivity contribution is 6.72. The van der Waals surface area contributed by atoms with Crippen LogP contribution in [-0.4, -0.2) is 85.3 Å². The van der Waals surface area contributed by atoms with Crippen LogP contribution in [0.3, 0.4) is 0 Å². The van der Waals surface area contributed by atoms with Gasteiger partial charge in [-0.3, -0.25) is 4.79 Å². The highest BCUT2D eigenvalue weighted by Gasteiger charge is 2.48. The van der Waals surface area contributed by atoms with Crippen LogP contribution in [0.1, 0.15) is 0 Å². The molecule has 0 bridgehead atoms. The van der Waals surface area contributed by atoms with Crippen LogP contribution in [-0.2, 0) is 31.8 Å². The van der Waals surface area contributed by atoms with Crippen LogP contribution in [0.2, 0.25) is 98.2 Å². The molecule has 0 aromatic carbocycles. The summed E-state index contributed by atoms with van der Waals surface area (Å²) in [6.45, 7) is 31.1. The summed E-state index contributed by atoms with van der Waals surface area (Å²) in [4.78, 5) is 18.7. The molecule has 0 aromatic heterocycles. The van der Waals surface area contributed by atoms with E-state index in [9.17, 15) is 4.79 Å². The van der Waals surface area contributed by atoms with Crippen molar-refractivity contribution in [3.63, 3.8) is 0 Å². The second kappa shape index (κ2) is 13.1. The molecule has 35 heavy (non-hydrogen) atoms.